The summed E-state index contributed by atoms with van der Waals surface area (Å²) in [5, 5.41) is 19.5. The quantitative estimate of drug-likeness (QED) is 0.634. The first-order valence-electron chi connectivity index (χ1n) is 7.33. The molecule has 0 unspecified atom stereocenters. The Kier molecular flexibility index (Phi) is 5.46. The van der Waals surface area contributed by atoms with Gasteiger partial charge in [0, 0.05) is 24.7 Å². The molecule has 0 atom stereocenters. The number of hydrogen-bond acceptors (Lipinski definition) is 5. The standard InChI is InChI=1S/C15H21N3O4/c1-16(11-15(19)20)13-6-8-17(9-7-13)10-12-2-4-14(5-3-12)18(21)22/h2-5,13H,6-11H2,1H3,(H,19,20). The normalized spacial score (nSPS) is 16.8. The summed E-state index contributed by atoms with van der Waals surface area (Å²) in [6.07, 6.45) is 1.88. The summed E-state index contributed by atoms with van der Waals surface area (Å²) < 4.78 is 0. The summed E-state index contributed by atoms with van der Waals surface area (Å²) in [4.78, 5) is 25.2. The van der Waals surface area contributed by atoms with Crippen LogP contribution in [0.15, 0.2) is 24.3 Å². The van der Waals surface area contributed by atoms with E-state index in [4.69, 9.17) is 5.11 Å². The molecular weight excluding hydrogens is 286 g/mol. The van der Waals surface area contributed by atoms with Crippen molar-refractivity contribution in [3.8, 4) is 0 Å². The molecule has 1 N–H and O–H groups in total. The molecule has 1 saturated heterocycles. The topological polar surface area (TPSA) is 86.9 Å². The maximum atomic E-state index is 10.7. The van der Waals surface area contributed by atoms with Crippen LogP contribution in [0.2, 0.25) is 0 Å². The molecule has 1 fully saturated rings. The van der Waals surface area contributed by atoms with Gasteiger partial charge in [0.05, 0.1) is 11.5 Å². The molecule has 1 aliphatic heterocycles. The van der Waals surface area contributed by atoms with Gasteiger partial charge in [-0.05, 0) is 38.5 Å². The SMILES string of the molecule is CN(CC(=O)O)C1CCN(Cc2ccc([N+](=O)[O-])cc2)CC1. The Morgan fingerprint density at radius 2 is 1.95 bits per heavy atom. The lowest BCUT2D eigenvalue weighted by Crippen LogP contribution is -2.44. The fourth-order valence-corrected chi connectivity index (χ4v) is 2.84. The fourth-order valence-electron chi connectivity index (χ4n) is 2.84. The van der Waals surface area contributed by atoms with Crippen LogP contribution in [0.5, 0.6) is 0 Å². The minimum Gasteiger partial charge on any atom is -0.480 e. The third-order valence-electron chi connectivity index (χ3n) is 4.12. The highest BCUT2D eigenvalue weighted by Gasteiger charge is 2.23. The number of non-ortho nitro benzene ring substituents is 1. The monoisotopic (exact) mass is 307 g/mol. The third kappa shape index (κ3) is 4.51. The van der Waals surface area contributed by atoms with E-state index in [1.165, 1.54) is 12.1 Å². The van der Waals surface area contributed by atoms with Crippen LogP contribution in [0.1, 0.15) is 18.4 Å². The Bertz CT molecular complexity index is 524. The Morgan fingerprint density at radius 3 is 2.45 bits per heavy atom. The number of rotatable bonds is 6. The number of nitro groups is 1. The maximum Gasteiger partial charge on any atom is 0.317 e. The summed E-state index contributed by atoms with van der Waals surface area (Å²) in [5.74, 6) is -0.796. The molecule has 1 aromatic rings. The van der Waals surface area contributed by atoms with Crippen LogP contribution < -0.4 is 0 Å². The van der Waals surface area contributed by atoms with Gasteiger partial charge in [-0.2, -0.15) is 0 Å². The van der Waals surface area contributed by atoms with Crippen molar-refractivity contribution in [2.24, 2.45) is 0 Å². The van der Waals surface area contributed by atoms with Crippen LogP contribution in [0, 0.1) is 10.1 Å². The Labute approximate surface area is 129 Å². The van der Waals surface area contributed by atoms with Gasteiger partial charge in [-0.15, -0.1) is 0 Å². The van der Waals surface area contributed by atoms with Crippen LogP contribution in [0.3, 0.4) is 0 Å². The zero-order chi connectivity index (χ0) is 16.1. The molecule has 0 amide bonds. The average molecular weight is 307 g/mol. The summed E-state index contributed by atoms with van der Waals surface area (Å²) in [6.45, 7) is 2.66. The first kappa shape index (κ1) is 16.4. The summed E-state index contributed by atoms with van der Waals surface area (Å²) in [7, 11) is 1.85. The summed E-state index contributed by atoms with van der Waals surface area (Å²) >= 11 is 0. The molecule has 120 valence electrons. The van der Waals surface area contributed by atoms with Gasteiger partial charge in [0.1, 0.15) is 0 Å². The van der Waals surface area contributed by atoms with Crippen LogP contribution in [0.4, 0.5) is 5.69 Å². The van der Waals surface area contributed by atoms with Crippen molar-refractivity contribution in [1.29, 1.82) is 0 Å². The molecule has 0 saturated carbocycles. The number of carboxylic acid groups (broad SMARTS) is 1. The van der Waals surface area contributed by atoms with Crippen molar-refractivity contribution < 1.29 is 14.8 Å². The lowest BCUT2D eigenvalue weighted by atomic mass is 10.0. The van der Waals surface area contributed by atoms with E-state index >= 15 is 0 Å². The van der Waals surface area contributed by atoms with E-state index in [0.717, 1.165) is 38.0 Å². The minimum atomic E-state index is -0.796. The molecule has 1 aromatic carbocycles. The molecule has 0 spiro atoms. The second kappa shape index (κ2) is 7.33. The molecule has 0 bridgehead atoms. The second-order valence-electron chi connectivity index (χ2n) is 5.74. The molecule has 22 heavy (non-hydrogen) atoms. The van der Waals surface area contributed by atoms with Crippen LogP contribution in [0.25, 0.3) is 0 Å². The highest BCUT2D eigenvalue weighted by Crippen LogP contribution is 2.19. The van der Waals surface area contributed by atoms with Crippen molar-refractivity contribution in [3.63, 3.8) is 0 Å². The Morgan fingerprint density at radius 1 is 1.36 bits per heavy atom. The molecule has 2 rings (SSSR count). The van der Waals surface area contributed by atoms with Gasteiger partial charge in [-0.1, -0.05) is 12.1 Å². The number of carboxylic acids is 1. The molecule has 1 heterocycles. The molecule has 0 aliphatic carbocycles. The number of nitro benzene ring substituents is 1. The van der Waals surface area contributed by atoms with Gasteiger partial charge in [-0.3, -0.25) is 24.7 Å². The summed E-state index contributed by atoms with van der Waals surface area (Å²) in [5.41, 5.74) is 1.17. The minimum absolute atomic E-state index is 0.0764. The lowest BCUT2D eigenvalue weighted by Gasteiger charge is -2.36. The van der Waals surface area contributed by atoms with Gasteiger partial charge in [-0.25, -0.2) is 0 Å². The maximum absolute atomic E-state index is 10.7. The summed E-state index contributed by atoms with van der Waals surface area (Å²) in [6, 6.07) is 6.96. The number of likely N-dealkylation sites (tertiary alicyclic amines) is 1. The average Bonchev–Trinajstić information content (AvgIpc) is 2.48. The van der Waals surface area contributed by atoms with Crippen molar-refractivity contribution in [3.05, 3.63) is 39.9 Å². The van der Waals surface area contributed by atoms with Crippen molar-refractivity contribution in [2.45, 2.75) is 25.4 Å². The van der Waals surface area contributed by atoms with Crippen LogP contribution >= 0.6 is 0 Å². The van der Waals surface area contributed by atoms with E-state index in [1.807, 2.05) is 11.9 Å². The van der Waals surface area contributed by atoms with Gasteiger partial charge in [0.15, 0.2) is 0 Å². The number of piperidine rings is 1. The van der Waals surface area contributed by atoms with Gasteiger partial charge in [0.25, 0.3) is 5.69 Å². The molecule has 0 aromatic heterocycles. The predicted molar refractivity (Wildman–Crippen MR) is 81.7 cm³/mol. The lowest BCUT2D eigenvalue weighted by molar-refractivity contribution is -0.384. The molecule has 7 nitrogen and oxygen atoms in total. The molecular formula is C15H21N3O4. The first-order chi connectivity index (χ1) is 10.5. The molecule has 1 aliphatic rings. The van der Waals surface area contributed by atoms with Crippen LogP contribution in [-0.2, 0) is 11.3 Å². The number of hydrogen-bond donors (Lipinski definition) is 1. The van der Waals surface area contributed by atoms with Crippen molar-refractivity contribution in [1.82, 2.24) is 9.80 Å². The number of likely N-dealkylation sites (N-methyl/N-ethyl adjacent to an activating group) is 1. The fraction of sp³-hybridized carbons (Fsp3) is 0.533. The van der Waals surface area contributed by atoms with Gasteiger partial charge < -0.3 is 5.11 Å². The van der Waals surface area contributed by atoms with E-state index in [0.29, 0.717) is 6.04 Å². The van der Waals surface area contributed by atoms with Crippen molar-refractivity contribution >= 4 is 11.7 Å². The molecule has 0 radical (unpaired) electrons. The third-order valence-corrected chi connectivity index (χ3v) is 4.12. The van der Waals surface area contributed by atoms with E-state index in [-0.39, 0.29) is 12.2 Å². The van der Waals surface area contributed by atoms with E-state index in [2.05, 4.69) is 4.90 Å². The van der Waals surface area contributed by atoms with E-state index in [9.17, 15) is 14.9 Å². The number of nitrogens with zero attached hydrogens (tertiary/aromatic N) is 3. The zero-order valence-electron chi connectivity index (χ0n) is 12.6. The number of benzene rings is 1. The second-order valence-corrected chi connectivity index (χ2v) is 5.74. The highest BCUT2D eigenvalue weighted by atomic mass is 16.6. The molecule has 7 heteroatoms. The Hall–Kier alpha value is -1.99. The van der Waals surface area contributed by atoms with E-state index in [1.54, 1.807) is 12.1 Å². The van der Waals surface area contributed by atoms with Crippen LogP contribution in [-0.4, -0.2) is 58.5 Å². The number of carbonyl (C=O) groups is 1. The van der Waals surface area contributed by atoms with E-state index < -0.39 is 10.9 Å². The smallest absolute Gasteiger partial charge is 0.317 e. The zero-order valence-corrected chi connectivity index (χ0v) is 12.6. The predicted octanol–water partition coefficient (Wildman–Crippen LogP) is 1.58. The Balaban J connectivity index is 1.82. The largest absolute Gasteiger partial charge is 0.480 e. The van der Waals surface area contributed by atoms with Gasteiger partial charge >= 0.3 is 5.97 Å². The van der Waals surface area contributed by atoms with Crippen molar-refractivity contribution in [2.75, 3.05) is 26.7 Å². The number of aliphatic carboxylic acids is 1. The first-order valence-corrected chi connectivity index (χ1v) is 7.33. The van der Waals surface area contributed by atoms with Gasteiger partial charge in [0.2, 0.25) is 0 Å². The highest BCUT2D eigenvalue weighted by molar-refractivity contribution is 5.69.